The van der Waals surface area contributed by atoms with Crippen LogP contribution in [0.5, 0.6) is 0 Å². The molecule has 1 N–H and O–H groups in total. The van der Waals surface area contributed by atoms with Crippen molar-refractivity contribution in [2.24, 2.45) is 0 Å². The van der Waals surface area contributed by atoms with Gasteiger partial charge < -0.3 is 5.32 Å². The fourth-order valence-corrected chi connectivity index (χ4v) is 2.15. The summed E-state index contributed by atoms with van der Waals surface area (Å²) in [4.78, 5) is 11.6. The fraction of sp³-hybridized carbons (Fsp3) is 0.471. The molecule has 1 aromatic rings. The number of nitrogens with one attached hydrogen (secondary N) is 1. The van der Waals surface area contributed by atoms with E-state index in [9.17, 15) is 4.79 Å². The summed E-state index contributed by atoms with van der Waals surface area (Å²) in [6.07, 6.45) is 10.7. The third-order valence-electron chi connectivity index (χ3n) is 3.15. The lowest BCUT2D eigenvalue weighted by atomic mass is 10.1. The van der Waals surface area contributed by atoms with E-state index >= 15 is 0 Å². The van der Waals surface area contributed by atoms with Crippen LogP contribution in [0.2, 0.25) is 5.02 Å². The van der Waals surface area contributed by atoms with Gasteiger partial charge in [-0.1, -0.05) is 68.8 Å². The smallest absolute Gasteiger partial charge is 0.243 e. The van der Waals surface area contributed by atoms with Crippen molar-refractivity contribution in [2.45, 2.75) is 45.4 Å². The quantitative estimate of drug-likeness (QED) is 0.513. The molecule has 110 valence electrons. The average molecular weight is 294 g/mol. The number of hydrogen-bond acceptors (Lipinski definition) is 1. The maximum absolute atomic E-state index is 11.6. The van der Waals surface area contributed by atoms with Crippen LogP contribution in [0.1, 0.15) is 51.0 Å². The molecule has 0 saturated heterocycles. The Morgan fingerprint density at radius 1 is 1.15 bits per heavy atom. The highest BCUT2D eigenvalue weighted by molar-refractivity contribution is 6.32. The summed E-state index contributed by atoms with van der Waals surface area (Å²) in [5.74, 6) is -0.0570. The number of carbonyl (C=O) groups excluding carboxylic acids is 1. The van der Waals surface area contributed by atoms with Gasteiger partial charge >= 0.3 is 0 Å². The van der Waals surface area contributed by atoms with Crippen LogP contribution in [0.25, 0.3) is 6.08 Å². The Balaban J connectivity index is 2.16. The monoisotopic (exact) mass is 293 g/mol. The summed E-state index contributed by atoms with van der Waals surface area (Å²) in [6, 6.07) is 7.48. The van der Waals surface area contributed by atoms with E-state index in [1.807, 2.05) is 24.3 Å². The fourth-order valence-electron chi connectivity index (χ4n) is 1.95. The van der Waals surface area contributed by atoms with Crippen molar-refractivity contribution in [3.05, 3.63) is 40.9 Å². The maximum Gasteiger partial charge on any atom is 0.243 e. The van der Waals surface area contributed by atoms with Crippen molar-refractivity contribution in [3.63, 3.8) is 0 Å². The molecule has 0 aliphatic rings. The van der Waals surface area contributed by atoms with Crippen LogP contribution in [0.4, 0.5) is 0 Å². The first-order valence-electron chi connectivity index (χ1n) is 7.44. The van der Waals surface area contributed by atoms with E-state index in [-0.39, 0.29) is 5.91 Å². The van der Waals surface area contributed by atoms with Gasteiger partial charge in [0.15, 0.2) is 0 Å². The zero-order valence-electron chi connectivity index (χ0n) is 12.2. The minimum atomic E-state index is -0.0570. The lowest BCUT2D eigenvalue weighted by Gasteiger charge is -2.02. The predicted molar refractivity (Wildman–Crippen MR) is 86.9 cm³/mol. The number of halogens is 1. The van der Waals surface area contributed by atoms with Gasteiger partial charge in [-0.25, -0.2) is 0 Å². The van der Waals surface area contributed by atoms with E-state index < -0.39 is 0 Å². The van der Waals surface area contributed by atoms with Crippen molar-refractivity contribution in [3.8, 4) is 0 Å². The Morgan fingerprint density at radius 3 is 2.60 bits per heavy atom. The lowest BCUT2D eigenvalue weighted by Crippen LogP contribution is -2.21. The molecule has 0 fully saturated rings. The standard InChI is InChI=1S/C17H24ClNO/c1-2-3-4-5-6-9-14-19-17(20)13-12-15-10-7-8-11-16(15)18/h7-8,10-13H,2-6,9,14H2,1H3,(H,19,20). The van der Waals surface area contributed by atoms with Gasteiger partial charge in [-0.05, 0) is 24.1 Å². The molecule has 0 heterocycles. The van der Waals surface area contributed by atoms with Gasteiger partial charge in [0.05, 0.1) is 0 Å². The van der Waals surface area contributed by atoms with Crippen molar-refractivity contribution < 1.29 is 4.79 Å². The van der Waals surface area contributed by atoms with Crippen LogP contribution < -0.4 is 5.32 Å². The first-order valence-corrected chi connectivity index (χ1v) is 7.82. The van der Waals surface area contributed by atoms with Crippen LogP contribution in [0.3, 0.4) is 0 Å². The van der Waals surface area contributed by atoms with Crippen molar-refractivity contribution >= 4 is 23.6 Å². The Kier molecular flexibility index (Phi) is 8.81. The zero-order valence-corrected chi connectivity index (χ0v) is 13.0. The molecular weight excluding hydrogens is 270 g/mol. The molecular formula is C17H24ClNO. The van der Waals surface area contributed by atoms with Gasteiger partial charge in [-0.3, -0.25) is 4.79 Å². The summed E-state index contributed by atoms with van der Waals surface area (Å²) in [7, 11) is 0. The molecule has 0 bridgehead atoms. The highest BCUT2D eigenvalue weighted by atomic mass is 35.5. The van der Waals surface area contributed by atoms with Crippen LogP contribution in [0.15, 0.2) is 30.3 Å². The van der Waals surface area contributed by atoms with Crippen molar-refractivity contribution in [2.75, 3.05) is 6.54 Å². The van der Waals surface area contributed by atoms with E-state index in [2.05, 4.69) is 12.2 Å². The zero-order chi connectivity index (χ0) is 14.6. The predicted octanol–water partition coefficient (Wildman–Crippen LogP) is 4.83. The van der Waals surface area contributed by atoms with Crippen molar-refractivity contribution in [1.29, 1.82) is 0 Å². The first kappa shape index (κ1) is 16.8. The van der Waals surface area contributed by atoms with Crippen LogP contribution in [-0.4, -0.2) is 12.5 Å². The summed E-state index contributed by atoms with van der Waals surface area (Å²) in [6.45, 7) is 2.96. The largest absolute Gasteiger partial charge is 0.353 e. The maximum atomic E-state index is 11.6. The van der Waals surface area contributed by atoms with E-state index in [0.717, 1.165) is 18.5 Å². The molecule has 2 nitrogen and oxygen atoms in total. The third kappa shape index (κ3) is 7.34. The number of amides is 1. The highest BCUT2D eigenvalue weighted by Crippen LogP contribution is 2.15. The SMILES string of the molecule is CCCCCCCCNC(=O)C=Cc1ccccc1Cl. The summed E-state index contributed by atoms with van der Waals surface area (Å²) >= 11 is 6.01. The molecule has 1 rings (SSSR count). The number of carbonyl (C=O) groups is 1. The molecule has 20 heavy (non-hydrogen) atoms. The van der Waals surface area contributed by atoms with Crippen LogP contribution in [-0.2, 0) is 4.79 Å². The second-order valence-electron chi connectivity index (χ2n) is 4.91. The number of benzene rings is 1. The van der Waals surface area contributed by atoms with E-state index in [4.69, 9.17) is 11.6 Å². The molecule has 0 saturated carbocycles. The molecule has 0 radical (unpaired) electrons. The second-order valence-corrected chi connectivity index (χ2v) is 5.32. The Bertz CT molecular complexity index is 429. The Hall–Kier alpha value is -1.28. The summed E-state index contributed by atoms with van der Waals surface area (Å²) in [5.41, 5.74) is 0.865. The minimum Gasteiger partial charge on any atom is -0.353 e. The molecule has 0 unspecified atom stereocenters. The summed E-state index contributed by atoms with van der Waals surface area (Å²) in [5, 5.41) is 3.55. The molecule has 3 heteroatoms. The molecule has 0 atom stereocenters. The molecule has 0 aromatic heterocycles. The highest BCUT2D eigenvalue weighted by Gasteiger charge is 1.97. The average Bonchev–Trinajstić information content (AvgIpc) is 2.45. The molecule has 0 spiro atoms. The third-order valence-corrected chi connectivity index (χ3v) is 3.49. The first-order chi connectivity index (χ1) is 9.74. The molecule has 1 amide bonds. The Labute approximate surface area is 127 Å². The number of unbranched alkanes of at least 4 members (excludes halogenated alkanes) is 5. The van der Waals surface area contributed by atoms with Gasteiger partial charge in [0.1, 0.15) is 0 Å². The van der Waals surface area contributed by atoms with Gasteiger partial charge in [-0.15, -0.1) is 0 Å². The van der Waals surface area contributed by atoms with Gasteiger partial charge in [-0.2, -0.15) is 0 Å². The number of rotatable bonds is 9. The molecule has 0 aliphatic carbocycles. The summed E-state index contributed by atoms with van der Waals surface area (Å²) < 4.78 is 0. The van der Waals surface area contributed by atoms with E-state index in [0.29, 0.717) is 5.02 Å². The minimum absolute atomic E-state index is 0.0570. The van der Waals surface area contributed by atoms with Gasteiger partial charge in [0.25, 0.3) is 0 Å². The van der Waals surface area contributed by atoms with E-state index in [1.54, 1.807) is 6.08 Å². The van der Waals surface area contributed by atoms with Gasteiger partial charge in [0.2, 0.25) is 5.91 Å². The van der Waals surface area contributed by atoms with Gasteiger partial charge in [0, 0.05) is 17.6 Å². The second kappa shape index (κ2) is 10.5. The lowest BCUT2D eigenvalue weighted by molar-refractivity contribution is -0.116. The normalized spacial score (nSPS) is 10.9. The van der Waals surface area contributed by atoms with E-state index in [1.165, 1.54) is 38.2 Å². The Morgan fingerprint density at radius 2 is 1.85 bits per heavy atom. The topological polar surface area (TPSA) is 29.1 Å². The number of hydrogen-bond donors (Lipinski definition) is 1. The van der Waals surface area contributed by atoms with Crippen molar-refractivity contribution in [1.82, 2.24) is 5.32 Å². The molecule has 0 aliphatic heterocycles. The molecule has 1 aromatic carbocycles. The van der Waals surface area contributed by atoms with Crippen LogP contribution in [0, 0.1) is 0 Å². The van der Waals surface area contributed by atoms with Crippen LogP contribution >= 0.6 is 11.6 Å².